The Morgan fingerprint density at radius 3 is 2.44 bits per heavy atom. The van der Waals surface area contributed by atoms with E-state index < -0.39 is 18.0 Å². The van der Waals surface area contributed by atoms with Crippen molar-refractivity contribution in [3.63, 3.8) is 0 Å². The molecule has 132 valence electrons. The third kappa shape index (κ3) is 5.32. The summed E-state index contributed by atoms with van der Waals surface area (Å²) in [7, 11) is 3.15. The van der Waals surface area contributed by atoms with Crippen molar-refractivity contribution in [1.29, 1.82) is 0 Å². The molecule has 0 saturated carbocycles. The van der Waals surface area contributed by atoms with Gasteiger partial charge in [-0.2, -0.15) is 0 Å². The molecule has 2 rings (SSSR count). The quantitative estimate of drug-likeness (QED) is 0.782. The van der Waals surface area contributed by atoms with Crippen LogP contribution in [-0.4, -0.2) is 32.2 Å². The van der Waals surface area contributed by atoms with Gasteiger partial charge in [0.25, 0.3) is 5.91 Å². The van der Waals surface area contributed by atoms with Gasteiger partial charge in [0.2, 0.25) is 0 Å². The number of carbonyl (C=O) groups is 2. The minimum Gasteiger partial charge on any atom is -0.497 e. The molecule has 1 atom stereocenters. The van der Waals surface area contributed by atoms with Crippen LogP contribution in [0.5, 0.6) is 5.75 Å². The molecule has 2 aromatic carbocycles. The molecule has 0 aliphatic rings. The van der Waals surface area contributed by atoms with Crippen molar-refractivity contribution in [3.8, 4) is 5.75 Å². The van der Waals surface area contributed by atoms with Gasteiger partial charge >= 0.3 is 5.97 Å². The number of amides is 1. The van der Waals surface area contributed by atoms with E-state index in [-0.39, 0.29) is 0 Å². The fourth-order valence-corrected chi connectivity index (χ4v) is 2.16. The normalized spacial score (nSPS) is 11.5. The van der Waals surface area contributed by atoms with Crippen LogP contribution in [0.2, 0.25) is 0 Å². The summed E-state index contributed by atoms with van der Waals surface area (Å²) in [6, 6.07) is 13.8. The predicted molar refractivity (Wildman–Crippen MR) is 93.7 cm³/mol. The van der Waals surface area contributed by atoms with E-state index in [2.05, 4.69) is 5.32 Å². The summed E-state index contributed by atoms with van der Waals surface area (Å²) >= 11 is 0. The first kappa shape index (κ1) is 18.5. The third-order valence-electron chi connectivity index (χ3n) is 3.48. The van der Waals surface area contributed by atoms with Gasteiger partial charge in [0.05, 0.1) is 19.3 Å². The molecule has 0 radical (unpaired) electrons. The minimum atomic E-state index is -0.930. The number of rotatable bonds is 7. The molecule has 2 aromatic rings. The monoisotopic (exact) mass is 343 g/mol. The minimum absolute atomic E-state index is 0.374. The molecule has 25 heavy (non-hydrogen) atoms. The average Bonchev–Trinajstić information content (AvgIpc) is 2.62. The Bertz CT molecular complexity index is 727. The summed E-state index contributed by atoms with van der Waals surface area (Å²) in [6.07, 6.45) is -0.930. The Labute approximate surface area is 146 Å². The molecule has 0 spiro atoms. The van der Waals surface area contributed by atoms with Crippen LogP contribution in [0.1, 0.15) is 22.8 Å². The maximum Gasteiger partial charge on any atom is 0.338 e. The number of ether oxygens (including phenoxy) is 3. The van der Waals surface area contributed by atoms with Gasteiger partial charge in [-0.25, -0.2) is 4.79 Å². The Morgan fingerprint density at radius 2 is 1.80 bits per heavy atom. The number of esters is 1. The Hall–Kier alpha value is -2.86. The molecule has 0 aromatic heterocycles. The van der Waals surface area contributed by atoms with Gasteiger partial charge in [0, 0.05) is 12.8 Å². The standard InChI is InChI=1S/C19H21NO5/c1-13(18(21)20-16-7-9-17(24-3)10-8-16)25-19(22)15-6-4-5-14(11-15)12-23-2/h4-11,13H,12H2,1-3H3,(H,20,21)/t13-/m1/s1. The molecular formula is C19H21NO5. The maximum atomic E-state index is 12.2. The van der Waals surface area contributed by atoms with Crippen LogP contribution in [0.3, 0.4) is 0 Å². The number of methoxy groups -OCH3 is 2. The van der Waals surface area contributed by atoms with Crippen LogP contribution < -0.4 is 10.1 Å². The predicted octanol–water partition coefficient (Wildman–Crippen LogP) is 3.03. The van der Waals surface area contributed by atoms with Crippen molar-refractivity contribution < 1.29 is 23.8 Å². The van der Waals surface area contributed by atoms with E-state index in [0.717, 1.165) is 5.56 Å². The Morgan fingerprint density at radius 1 is 1.08 bits per heavy atom. The molecule has 0 fully saturated rings. The summed E-state index contributed by atoms with van der Waals surface area (Å²) in [4.78, 5) is 24.4. The summed E-state index contributed by atoms with van der Waals surface area (Å²) in [5.74, 6) is -0.282. The molecular weight excluding hydrogens is 322 g/mol. The first-order chi connectivity index (χ1) is 12.0. The fraction of sp³-hybridized carbons (Fsp3) is 0.263. The first-order valence-electron chi connectivity index (χ1n) is 7.77. The molecule has 6 heteroatoms. The summed E-state index contributed by atoms with van der Waals surface area (Å²) in [5.41, 5.74) is 1.82. The molecule has 0 unspecified atom stereocenters. The van der Waals surface area contributed by atoms with Crippen molar-refractivity contribution in [2.75, 3.05) is 19.5 Å². The number of hydrogen-bond donors (Lipinski definition) is 1. The lowest BCUT2D eigenvalue weighted by atomic mass is 10.1. The SMILES string of the molecule is COCc1cccc(C(=O)O[C@H](C)C(=O)Nc2ccc(OC)cc2)c1. The molecule has 0 heterocycles. The first-order valence-corrected chi connectivity index (χ1v) is 7.77. The zero-order chi connectivity index (χ0) is 18.2. The molecule has 1 N–H and O–H groups in total. The Balaban J connectivity index is 1.95. The summed E-state index contributed by atoms with van der Waals surface area (Å²) in [6.45, 7) is 1.92. The molecule has 0 saturated heterocycles. The second-order valence-electron chi connectivity index (χ2n) is 5.40. The van der Waals surface area contributed by atoms with Crippen molar-refractivity contribution in [3.05, 3.63) is 59.7 Å². The lowest BCUT2D eigenvalue weighted by Gasteiger charge is -2.14. The van der Waals surface area contributed by atoms with Crippen LogP contribution in [0.25, 0.3) is 0 Å². The van der Waals surface area contributed by atoms with Gasteiger partial charge in [0.15, 0.2) is 6.10 Å². The number of carbonyl (C=O) groups excluding carboxylic acids is 2. The highest BCUT2D eigenvalue weighted by Crippen LogP contribution is 2.16. The second kappa shape index (κ2) is 8.84. The highest BCUT2D eigenvalue weighted by molar-refractivity contribution is 5.97. The van der Waals surface area contributed by atoms with Gasteiger partial charge in [-0.05, 0) is 48.9 Å². The van der Waals surface area contributed by atoms with Crippen molar-refractivity contribution in [1.82, 2.24) is 0 Å². The van der Waals surface area contributed by atoms with E-state index in [0.29, 0.717) is 23.6 Å². The lowest BCUT2D eigenvalue weighted by molar-refractivity contribution is -0.123. The molecule has 0 bridgehead atoms. The van der Waals surface area contributed by atoms with Crippen LogP contribution in [-0.2, 0) is 20.9 Å². The van der Waals surface area contributed by atoms with Gasteiger partial charge in [-0.15, -0.1) is 0 Å². The molecule has 0 aliphatic heterocycles. The van der Waals surface area contributed by atoms with E-state index in [1.54, 1.807) is 56.7 Å². The van der Waals surface area contributed by atoms with Crippen LogP contribution in [0.15, 0.2) is 48.5 Å². The summed E-state index contributed by atoms with van der Waals surface area (Å²) < 4.78 is 15.3. The average molecular weight is 343 g/mol. The summed E-state index contributed by atoms with van der Waals surface area (Å²) in [5, 5.41) is 2.69. The van der Waals surface area contributed by atoms with Crippen LogP contribution >= 0.6 is 0 Å². The van der Waals surface area contributed by atoms with Gasteiger partial charge in [-0.3, -0.25) is 4.79 Å². The van der Waals surface area contributed by atoms with Crippen LogP contribution in [0.4, 0.5) is 5.69 Å². The third-order valence-corrected chi connectivity index (χ3v) is 3.48. The number of anilines is 1. The number of benzene rings is 2. The van der Waals surface area contributed by atoms with Crippen LogP contribution in [0, 0.1) is 0 Å². The highest BCUT2D eigenvalue weighted by Gasteiger charge is 2.19. The fourth-order valence-electron chi connectivity index (χ4n) is 2.16. The molecule has 0 aliphatic carbocycles. The largest absolute Gasteiger partial charge is 0.497 e. The lowest BCUT2D eigenvalue weighted by Crippen LogP contribution is -2.30. The number of hydrogen-bond acceptors (Lipinski definition) is 5. The zero-order valence-electron chi connectivity index (χ0n) is 14.4. The Kier molecular flexibility index (Phi) is 6.54. The van der Waals surface area contributed by atoms with Crippen molar-refractivity contribution >= 4 is 17.6 Å². The molecule has 1 amide bonds. The number of nitrogens with one attached hydrogen (secondary N) is 1. The van der Waals surface area contributed by atoms with E-state index in [9.17, 15) is 9.59 Å². The second-order valence-corrected chi connectivity index (χ2v) is 5.40. The van der Waals surface area contributed by atoms with E-state index >= 15 is 0 Å². The van der Waals surface area contributed by atoms with E-state index in [1.165, 1.54) is 6.92 Å². The van der Waals surface area contributed by atoms with Crippen molar-refractivity contribution in [2.45, 2.75) is 19.6 Å². The topological polar surface area (TPSA) is 73.9 Å². The van der Waals surface area contributed by atoms with Gasteiger partial charge in [-0.1, -0.05) is 12.1 Å². The van der Waals surface area contributed by atoms with Gasteiger partial charge in [0.1, 0.15) is 5.75 Å². The van der Waals surface area contributed by atoms with E-state index in [4.69, 9.17) is 14.2 Å². The highest BCUT2D eigenvalue weighted by atomic mass is 16.5. The smallest absolute Gasteiger partial charge is 0.338 e. The molecule has 6 nitrogen and oxygen atoms in total. The van der Waals surface area contributed by atoms with Gasteiger partial charge < -0.3 is 19.5 Å². The van der Waals surface area contributed by atoms with E-state index in [1.807, 2.05) is 6.07 Å². The zero-order valence-corrected chi connectivity index (χ0v) is 14.4. The maximum absolute atomic E-state index is 12.2. The van der Waals surface area contributed by atoms with Crippen molar-refractivity contribution in [2.24, 2.45) is 0 Å².